The van der Waals surface area contributed by atoms with Crippen LogP contribution < -0.4 is 10.2 Å². The molecular weight excluding hydrogens is 389 g/mol. The molecule has 2 aromatic heterocycles. The van der Waals surface area contributed by atoms with Crippen LogP contribution in [0.3, 0.4) is 0 Å². The van der Waals surface area contributed by atoms with Gasteiger partial charge in [0.15, 0.2) is 0 Å². The van der Waals surface area contributed by atoms with Gasteiger partial charge in [-0.1, -0.05) is 0 Å². The molecule has 3 heterocycles. The number of alkyl halides is 3. The number of nitrogens with one attached hydrogen (secondary N) is 1. The number of hydrogen-bond acceptors (Lipinski definition) is 6. The van der Waals surface area contributed by atoms with Crippen LogP contribution in [0.1, 0.15) is 31.4 Å². The highest BCUT2D eigenvalue weighted by molar-refractivity contribution is 7.99. The Morgan fingerprint density at radius 1 is 1.18 bits per heavy atom. The average molecular weight is 412 g/mol. The Labute approximate surface area is 165 Å². The summed E-state index contributed by atoms with van der Waals surface area (Å²) >= 11 is 1.90. The summed E-state index contributed by atoms with van der Waals surface area (Å²) in [6.07, 6.45) is 2.20. The van der Waals surface area contributed by atoms with E-state index in [-0.39, 0.29) is 18.9 Å². The first kappa shape index (κ1) is 19.4. The van der Waals surface area contributed by atoms with Gasteiger partial charge >= 0.3 is 0 Å². The standard InChI is InChI=1S/C18H23F3N6S/c19-12-14-3-6-27(25-14)17-23-15(22-13-1-4-18(20,21)5-2-13)11-16(24-17)26-7-9-28-10-8-26/h3,6,11,13H,1-2,4-5,7-10,12H2,(H,22,23,24). The summed E-state index contributed by atoms with van der Waals surface area (Å²) < 4.78 is 41.2. The van der Waals surface area contributed by atoms with Crippen LogP contribution in [0, 0.1) is 0 Å². The lowest BCUT2D eigenvalue weighted by Crippen LogP contribution is -2.34. The van der Waals surface area contributed by atoms with Gasteiger partial charge in [-0.3, -0.25) is 0 Å². The van der Waals surface area contributed by atoms with Gasteiger partial charge in [0.1, 0.15) is 18.3 Å². The van der Waals surface area contributed by atoms with Crippen LogP contribution in [0.15, 0.2) is 18.3 Å². The van der Waals surface area contributed by atoms with E-state index in [0.29, 0.717) is 30.3 Å². The fraction of sp³-hybridized carbons (Fsp3) is 0.611. The molecule has 6 nitrogen and oxygen atoms in total. The second-order valence-electron chi connectivity index (χ2n) is 7.17. The molecule has 4 rings (SSSR count). The lowest BCUT2D eigenvalue weighted by molar-refractivity contribution is -0.0361. The lowest BCUT2D eigenvalue weighted by atomic mass is 9.92. The number of halogens is 3. The van der Waals surface area contributed by atoms with Crippen molar-refractivity contribution in [2.24, 2.45) is 0 Å². The Kier molecular flexibility index (Phi) is 5.65. The van der Waals surface area contributed by atoms with E-state index in [2.05, 4.69) is 25.3 Å². The van der Waals surface area contributed by atoms with Crippen LogP contribution in [0.25, 0.3) is 5.95 Å². The summed E-state index contributed by atoms with van der Waals surface area (Å²) in [6.45, 7) is 1.10. The highest BCUT2D eigenvalue weighted by Gasteiger charge is 2.35. The van der Waals surface area contributed by atoms with Gasteiger partial charge < -0.3 is 10.2 Å². The summed E-state index contributed by atoms with van der Waals surface area (Å²) in [4.78, 5) is 11.3. The van der Waals surface area contributed by atoms with E-state index in [1.165, 1.54) is 4.68 Å². The van der Waals surface area contributed by atoms with Crippen molar-refractivity contribution < 1.29 is 13.2 Å². The number of rotatable bonds is 5. The Morgan fingerprint density at radius 3 is 2.61 bits per heavy atom. The molecule has 2 aliphatic rings. The minimum absolute atomic E-state index is 0.0499. The molecule has 1 saturated carbocycles. The molecule has 0 unspecified atom stereocenters. The van der Waals surface area contributed by atoms with Crippen LogP contribution in [0.4, 0.5) is 24.8 Å². The Balaban J connectivity index is 1.59. The number of hydrogen-bond donors (Lipinski definition) is 1. The van der Waals surface area contributed by atoms with E-state index < -0.39 is 12.6 Å². The van der Waals surface area contributed by atoms with Gasteiger partial charge in [0.25, 0.3) is 5.95 Å². The topological polar surface area (TPSA) is 58.9 Å². The molecule has 0 radical (unpaired) electrons. The monoisotopic (exact) mass is 412 g/mol. The molecule has 28 heavy (non-hydrogen) atoms. The van der Waals surface area contributed by atoms with Gasteiger partial charge in [-0.25, -0.2) is 17.9 Å². The number of thioether (sulfide) groups is 1. The first-order chi connectivity index (χ1) is 13.5. The molecule has 2 fully saturated rings. The van der Waals surface area contributed by atoms with E-state index in [4.69, 9.17) is 0 Å². The molecule has 152 valence electrons. The summed E-state index contributed by atoms with van der Waals surface area (Å²) in [6, 6.07) is 3.40. The SMILES string of the molecule is FCc1ccn(-c2nc(NC3CCC(F)(F)CC3)cc(N3CCSCC3)n2)n1. The largest absolute Gasteiger partial charge is 0.367 e. The molecule has 1 aliphatic carbocycles. The van der Waals surface area contributed by atoms with Gasteiger partial charge in [-0.15, -0.1) is 0 Å². The molecule has 0 aromatic carbocycles. The fourth-order valence-corrected chi connectivity index (χ4v) is 4.39. The van der Waals surface area contributed by atoms with Crippen molar-refractivity contribution in [3.63, 3.8) is 0 Å². The van der Waals surface area contributed by atoms with Crippen molar-refractivity contribution in [1.82, 2.24) is 19.7 Å². The summed E-state index contributed by atoms with van der Waals surface area (Å²) in [5.41, 5.74) is 0.312. The van der Waals surface area contributed by atoms with Crippen molar-refractivity contribution in [2.45, 2.75) is 44.3 Å². The van der Waals surface area contributed by atoms with E-state index in [1.807, 2.05) is 17.8 Å². The smallest absolute Gasteiger partial charge is 0.254 e. The summed E-state index contributed by atoms with van der Waals surface area (Å²) in [5, 5.41) is 7.46. The molecule has 1 aliphatic heterocycles. The molecular formula is C18H23F3N6S. The maximum absolute atomic E-state index is 13.4. The normalized spacial score (nSPS) is 20.3. The minimum Gasteiger partial charge on any atom is -0.367 e. The zero-order valence-electron chi connectivity index (χ0n) is 15.5. The van der Waals surface area contributed by atoms with Gasteiger partial charge in [-0.2, -0.15) is 26.8 Å². The van der Waals surface area contributed by atoms with Crippen LogP contribution in [-0.2, 0) is 6.67 Å². The molecule has 0 spiro atoms. The third kappa shape index (κ3) is 4.53. The highest BCUT2D eigenvalue weighted by atomic mass is 32.2. The predicted octanol–water partition coefficient (Wildman–Crippen LogP) is 3.67. The summed E-state index contributed by atoms with van der Waals surface area (Å²) in [5.74, 6) is 1.18. The molecule has 1 N–H and O–H groups in total. The zero-order valence-corrected chi connectivity index (χ0v) is 16.3. The van der Waals surface area contributed by atoms with Crippen molar-refractivity contribution in [3.05, 3.63) is 24.0 Å². The van der Waals surface area contributed by atoms with Gasteiger partial charge in [0, 0.05) is 55.7 Å². The second-order valence-corrected chi connectivity index (χ2v) is 8.40. The van der Waals surface area contributed by atoms with E-state index in [1.54, 1.807) is 12.3 Å². The first-order valence-electron chi connectivity index (χ1n) is 9.49. The van der Waals surface area contributed by atoms with E-state index >= 15 is 0 Å². The van der Waals surface area contributed by atoms with E-state index in [9.17, 15) is 13.2 Å². The summed E-state index contributed by atoms with van der Waals surface area (Å²) in [7, 11) is 0. The number of anilines is 2. The Hall–Kier alpha value is -1.97. The minimum atomic E-state index is -2.57. The Bertz CT molecular complexity index is 798. The van der Waals surface area contributed by atoms with Crippen molar-refractivity contribution in [2.75, 3.05) is 34.8 Å². The quantitative estimate of drug-likeness (QED) is 0.809. The molecule has 0 amide bonds. The average Bonchev–Trinajstić information content (AvgIpc) is 3.19. The third-order valence-corrected chi connectivity index (χ3v) is 6.03. The number of nitrogens with zero attached hydrogens (tertiary/aromatic N) is 5. The van der Waals surface area contributed by atoms with E-state index in [0.717, 1.165) is 30.4 Å². The molecule has 1 saturated heterocycles. The molecule has 0 bridgehead atoms. The van der Waals surface area contributed by atoms with Crippen LogP contribution in [0.5, 0.6) is 0 Å². The molecule has 2 aromatic rings. The fourth-order valence-electron chi connectivity index (χ4n) is 3.49. The van der Waals surface area contributed by atoms with Crippen molar-refractivity contribution in [1.29, 1.82) is 0 Å². The van der Waals surface area contributed by atoms with Gasteiger partial charge in [-0.05, 0) is 18.9 Å². The van der Waals surface area contributed by atoms with Gasteiger partial charge in [0.2, 0.25) is 5.92 Å². The maximum atomic E-state index is 13.4. The highest BCUT2D eigenvalue weighted by Crippen LogP contribution is 2.34. The van der Waals surface area contributed by atoms with Crippen LogP contribution >= 0.6 is 11.8 Å². The van der Waals surface area contributed by atoms with Gasteiger partial charge in [0.05, 0.1) is 5.69 Å². The Morgan fingerprint density at radius 2 is 1.93 bits per heavy atom. The number of aromatic nitrogens is 4. The second kappa shape index (κ2) is 8.18. The maximum Gasteiger partial charge on any atom is 0.254 e. The van der Waals surface area contributed by atoms with Crippen molar-refractivity contribution >= 4 is 23.4 Å². The molecule has 10 heteroatoms. The third-order valence-electron chi connectivity index (χ3n) is 5.09. The van der Waals surface area contributed by atoms with Crippen LogP contribution in [0.2, 0.25) is 0 Å². The lowest BCUT2D eigenvalue weighted by Gasteiger charge is -2.30. The zero-order chi connectivity index (χ0) is 19.6. The molecule has 0 atom stereocenters. The predicted molar refractivity (Wildman–Crippen MR) is 104 cm³/mol. The first-order valence-corrected chi connectivity index (χ1v) is 10.6. The van der Waals surface area contributed by atoms with Crippen LogP contribution in [-0.4, -0.2) is 56.3 Å². The van der Waals surface area contributed by atoms with Crippen molar-refractivity contribution in [3.8, 4) is 5.95 Å².